The van der Waals surface area contributed by atoms with Crippen molar-refractivity contribution in [3.8, 4) is 0 Å². The first-order valence-electron chi connectivity index (χ1n) is 7.44. The standard InChI is InChI=1S/C14H22BrN3O2S/c1-2-8-16-14-13(9-11(15)10-17-14)21(19,20)18-12-6-4-3-5-7-12/h9-10,12,18H,2-8H2,1H3,(H,16,17). The Labute approximate surface area is 135 Å². The molecule has 1 aliphatic carbocycles. The van der Waals surface area contributed by atoms with Crippen LogP contribution in [0.25, 0.3) is 0 Å². The highest BCUT2D eigenvalue weighted by Crippen LogP contribution is 2.25. The van der Waals surface area contributed by atoms with E-state index < -0.39 is 10.0 Å². The third-order valence-electron chi connectivity index (χ3n) is 3.58. The maximum Gasteiger partial charge on any atom is 0.244 e. The molecule has 1 fully saturated rings. The van der Waals surface area contributed by atoms with Crippen LogP contribution in [0, 0.1) is 0 Å². The second-order valence-electron chi connectivity index (χ2n) is 5.38. The van der Waals surface area contributed by atoms with Gasteiger partial charge >= 0.3 is 0 Å². The van der Waals surface area contributed by atoms with E-state index in [1.165, 1.54) is 6.42 Å². The molecule has 2 N–H and O–H groups in total. The van der Waals surface area contributed by atoms with Crippen LogP contribution in [0.4, 0.5) is 5.82 Å². The highest BCUT2D eigenvalue weighted by atomic mass is 79.9. The molecule has 0 unspecified atom stereocenters. The lowest BCUT2D eigenvalue weighted by atomic mass is 9.96. The molecule has 2 rings (SSSR count). The molecule has 0 aromatic carbocycles. The number of nitrogens with zero attached hydrogens (tertiary/aromatic N) is 1. The van der Waals surface area contributed by atoms with Crippen LogP contribution in [0.3, 0.4) is 0 Å². The summed E-state index contributed by atoms with van der Waals surface area (Å²) in [5, 5.41) is 3.08. The molecular formula is C14H22BrN3O2S. The van der Waals surface area contributed by atoms with E-state index in [4.69, 9.17) is 0 Å². The summed E-state index contributed by atoms with van der Waals surface area (Å²) in [6.07, 6.45) is 7.72. The Bertz CT molecular complexity index is 572. The van der Waals surface area contributed by atoms with Gasteiger partial charge in [-0.15, -0.1) is 0 Å². The summed E-state index contributed by atoms with van der Waals surface area (Å²) in [4.78, 5) is 4.42. The molecule has 5 nitrogen and oxygen atoms in total. The van der Waals surface area contributed by atoms with Crippen LogP contribution in [0.5, 0.6) is 0 Å². The van der Waals surface area contributed by atoms with E-state index >= 15 is 0 Å². The third kappa shape index (κ3) is 4.66. The van der Waals surface area contributed by atoms with E-state index in [1.54, 1.807) is 12.3 Å². The Morgan fingerprint density at radius 1 is 1.33 bits per heavy atom. The molecule has 1 saturated carbocycles. The van der Waals surface area contributed by atoms with Crippen molar-refractivity contribution in [1.82, 2.24) is 9.71 Å². The van der Waals surface area contributed by atoms with Crippen LogP contribution in [0.1, 0.15) is 45.4 Å². The average Bonchev–Trinajstić information content (AvgIpc) is 2.46. The SMILES string of the molecule is CCCNc1ncc(Br)cc1S(=O)(=O)NC1CCCCC1. The van der Waals surface area contributed by atoms with Gasteiger partial charge in [0.2, 0.25) is 10.0 Å². The van der Waals surface area contributed by atoms with Crippen LogP contribution in [0.15, 0.2) is 21.6 Å². The Morgan fingerprint density at radius 2 is 2.05 bits per heavy atom. The van der Waals surface area contributed by atoms with Crippen molar-refractivity contribution < 1.29 is 8.42 Å². The van der Waals surface area contributed by atoms with Gasteiger partial charge in [0.25, 0.3) is 0 Å². The molecule has 1 aromatic heterocycles. The molecule has 0 amide bonds. The highest BCUT2D eigenvalue weighted by molar-refractivity contribution is 9.10. The predicted octanol–water partition coefficient (Wildman–Crippen LogP) is 3.28. The minimum atomic E-state index is -3.55. The minimum Gasteiger partial charge on any atom is -0.369 e. The number of hydrogen-bond acceptors (Lipinski definition) is 4. The average molecular weight is 376 g/mol. The van der Waals surface area contributed by atoms with Gasteiger partial charge in [-0.3, -0.25) is 0 Å². The topological polar surface area (TPSA) is 71.1 Å². The van der Waals surface area contributed by atoms with Gasteiger partial charge in [0.05, 0.1) is 0 Å². The van der Waals surface area contributed by atoms with Crippen molar-refractivity contribution >= 4 is 31.8 Å². The van der Waals surface area contributed by atoms with Gasteiger partial charge < -0.3 is 5.32 Å². The fourth-order valence-electron chi connectivity index (χ4n) is 2.51. The molecular weight excluding hydrogens is 354 g/mol. The Hall–Kier alpha value is -0.660. The summed E-state index contributed by atoms with van der Waals surface area (Å²) in [5.74, 6) is 0.420. The smallest absolute Gasteiger partial charge is 0.244 e. The highest BCUT2D eigenvalue weighted by Gasteiger charge is 2.25. The maximum atomic E-state index is 12.6. The van der Waals surface area contributed by atoms with Gasteiger partial charge in [-0.2, -0.15) is 0 Å². The summed E-state index contributed by atoms with van der Waals surface area (Å²) in [5.41, 5.74) is 0. The molecule has 0 radical (unpaired) electrons. The first kappa shape index (κ1) is 16.7. The largest absolute Gasteiger partial charge is 0.369 e. The third-order valence-corrected chi connectivity index (χ3v) is 5.55. The van der Waals surface area contributed by atoms with E-state index in [9.17, 15) is 8.42 Å². The molecule has 1 aromatic rings. The monoisotopic (exact) mass is 375 g/mol. The van der Waals surface area contributed by atoms with Crippen LogP contribution >= 0.6 is 15.9 Å². The fourth-order valence-corrected chi connectivity index (χ4v) is 4.45. The molecule has 21 heavy (non-hydrogen) atoms. The normalized spacial score (nSPS) is 16.9. The van der Waals surface area contributed by atoms with Crippen molar-refractivity contribution in [2.75, 3.05) is 11.9 Å². The van der Waals surface area contributed by atoms with Gasteiger partial charge in [-0.1, -0.05) is 26.2 Å². The van der Waals surface area contributed by atoms with Gasteiger partial charge in [-0.25, -0.2) is 18.1 Å². The van der Waals surface area contributed by atoms with Crippen LogP contribution < -0.4 is 10.0 Å². The molecule has 0 aliphatic heterocycles. The van der Waals surface area contributed by atoms with Gasteiger partial charge in [0.15, 0.2) is 0 Å². The number of hydrogen-bond donors (Lipinski definition) is 2. The molecule has 0 atom stereocenters. The first-order valence-corrected chi connectivity index (χ1v) is 9.72. The van der Waals surface area contributed by atoms with E-state index in [0.29, 0.717) is 16.8 Å². The van der Waals surface area contributed by atoms with Crippen molar-refractivity contribution in [2.24, 2.45) is 0 Å². The summed E-state index contributed by atoms with van der Waals surface area (Å²) in [7, 11) is -3.55. The number of anilines is 1. The second-order valence-corrected chi connectivity index (χ2v) is 7.98. The van der Waals surface area contributed by atoms with Crippen LogP contribution in [0.2, 0.25) is 0 Å². The van der Waals surface area contributed by atoms with Crippen molar-refractivity contribution in [1.29, 1.82) is 0 Å². The van der Waals surface area contributed by atoms with E-state index in [0.717, 1.165) is 32.1 Å². The molecule has 1 aliphatic rings. The van der Waals surface area contributed by atoms with Crippen LogP contribution in [-0.2, 0) is 10.0 Å². The predicted molar refractivity (Wildman–Crippen MR) is 87.9 cm³/mol. The molecule has 118 valence electrons. The lowest BCUT2D eigenvalue weighted by Crippen LogP contribution is -2.36. The van der Waals surface area contributed by atoms with Crippen molar-refractivity contribution in [2.45, 2.75) is 56.4 Å². The molecule has 0 saturated heterocycles. The zero-order valence-corrected chi connectivity index (χ0v) is 14.6. The van der Waals surface area contributed by atoms with E-state index in [1.807, 2.05) is 6.92 Å². The van der Waals surface area contributed by atoms with Crippen LogP contribution in [-0.4, -0.2) is 26.0 Å². The van der Waals surface area contributed by atoms with E-state index in [-0.39, 0.29) is 10.9 Å². The Balaban J connectivity index is 2.22. The lowest BCUT2D eigenvalue weighted by molar-refractivity contribution is 0.412. The maximum absolute atomic E-state index is 12.6. The molecule has 1 heterocycles. The van der Waals surface area contributed by atoms with Gasteiger partial charge in [-0.05, 0) is 41.3 Å². The second kappa shape index (κ2) is 7.56. The van der Waals surface area contributed by atoms with E-state index in [2.05, 4.69) is 31.0 Å². The zero-order valence-electron chi connectivity index (χ0n) is 12.2. The zero-order chi connectivity index (χ0) is 15.3. The van der Waals surface area contributed by atoms with Gasteiger partial charge in [0, 0.05) is 23.3 Å². The lowest BCUT2D eigenvalue weighted by Gasteiger charge is -2.23. The summed E-state index contributed by atoms with van der Waals surface area (Å²) >= 11 is 3.30. The summed E-state index contributed by atoms with van der Waals surface area (Å²) in [6.45, 7) is 2.72. The molecule has 0 bridgehead atoms. The Morgan fingerprint density at radius 3 is 2.71 bits per heavy atom. The number of sulfonamides is 1. The first-order chi connectivity index (χ1) is 10.0. The summed E-state index contributed by atoms with van der Waals surface area (Å²) < 4.78 is 28.7. The number of aromatic nitrogens is 1. The fraction of sp³-hybridized carbons (Fsp3) is 0.643. The number of pyridine rings is 1. The van der Waals surface area contributed by atoms with Gasteiger partial charge in [0.1, 0.15) is 10.7 Å². The van der Waals surface area contributed by atoms with Crippen molar-refractivity contribution in [3.63, 3.8) is 0 Å². The quantitative estimate of drug-likeness (QED) is 0.800. The number of halogens is 1. The number of nitrogens with one attached hydrogen (secondary N) is 2. The summed E-state index contributed by atoms with van der Waals surface area (Å²) in [6, 6.07) is 1.65. The Kier molecular flexibility index (Phi) is 6.01. The molecule has 7 heteroatoms. The minimum absolute atomic E-state index is 0.0433. The van der Waals surface area contributed by atoms with Crippen molar-refractivity contribution in [3.05, 3.63) is 16.7 Å². The number of rotatable bonds is 6. The molecule has 0 spiro atoms.